The summed E-state index contributed by atoms with van der Waals surface area (Å²) in [6.07, 6.45) is 10.5. The highest BCUT2D eigenvalue weighted by Gasteiger charge is 2.55. The molecule has 2 fully saturated rings. The molecule has 0 heterocycles. The van der Waals surface area contributed by atoms with Gasteiger partial charge in [-0.15, -0.1) is 0 Å². The first-order chi connectivity index (χ1) is 13.7. The zero-order valence-electron chi connectivity index (χ0n) is 17.1. The van der Waals surface area contributed by atoms with Crippen LogP contribution in [0.15, 0.2) is 22.8 Å². The smallest absolute Gasteiger partial charge is 0.156 e. The molecule has 4 atom stereocenters. The Hall–Kier alpha value is -1.01. The minimum absolute atomic E-state index is 0.00698. The van der Waals surface area contributed by atoms with Gasteiger partial charge in [-0.05, 0) is 80.4 Å². The van der Waals surface area contributed by atoms with Crippen LogP contribution in [0.5, 0.6) is 0 Å². The third-order valence-corrected chi connectivity index (χ3v) is 7.71. The van der Waals surface area contributed by atoms with Crippen LogP contribution in [-0.2, 0) is 19.0 Å². The van der Waals surface area contributed by atoms with Crippen LogP contribution in [0.4, 0.5) is 0 Å². The Morgan fingerprint density at radius 2 is 1.93 bits per heavy atom. The normalized spacial score (nSPS) is 34.7. The molecule has 0 aromatic rings. The van der Waals surface area contributed by atoms with Gasteiger partial charge in [0.15, 0.2) is 5.78 Å². The number of allylic oxidation sites excluding steroid dienone is 4. The van der Waals surface area contributed by atoms with Crippen LogP contribution in [0.3, 0.4) is 0 Å². The summed E-state index contributed by atoms with van der Waals surface area (Å²) >= 11 is 0. The molecule has 4 aliphatic carbocycles. The first-order valence-corrected chi connectivity index (χ1v) is 10.9. The van der Waals surface area contributed by atoms with Gasteiger partial charge in [-0.1, -0.05) is 5.57 Å². The van der Waals surface area contributed by atoms with Crippen LogP contribution in [-0.4, -0.2) is 50.7 Å². The van der Waals surface area contributed by atoms with E-state index in [9.17, 15) is 9.90 Å². The molecule has 0 amide bonds. The van der Waals surface area contributed by atoms with Crippen molar-refractivity contribution in [3.05, 3.63) is 22.8 Å². The molecule has 1 N–H and O–H groups in total. The summed E-state index contributed by atoms with van der Waals surface area (Å²) in [5, 5.41) is 10.9. The quantitative estimate of drug-likeness (QED) is 0.507. The molecule has 0 aromatic heterocycles. The van der Waals surface area contributed by atoms with Gasteiger partial charge >= 0.3 is 0 Å². The molecule has 28 heavy (non-hydrogen) atoms. The molecule has 0 spiro atoms. The highest BCUT2D eigenvalue weighted by atomic mass is 16.7. The monoisotopic (exact) mass is 390 g/mol. The SMILES string of the molecule is COCCOCOCC[C@]12CCC3=C4CCC(=O)C=C4CCC3C1CC[C@@H]2O. The number of hydrogen-bond acceptors (Lipinski definition) is 5. The van der Waals surface area contributed by atoms with Crippen molar-refractivity contribution in [3.8, 4) is 0 Å². The van der Waals surface area contributed by atoms with E-state index >= 15 is 0 Å². The Labute approximate surface area is 168 Å². The summed E-state index contributed by atoms with van der Waals surface area (Å²) in [7, 11) is 1.66. The number of aliphatic hydroxyl groups excluding tert-OH is 1. The van der Waals surface area contributed by atoms with Crippen molar-refractivity contribution in [3.63, 3.8) is 0 Å². The summed E-state index contributed by atoms with van der Waals surface area (Å²) in [5.74, 6) is 1.43. The molecule has 5 nitrogen and oxygen atoms in total. The zero-order valence-corrected chi connectivity index (χ0v) is 17.1. The summed E-state index contributed by atoms with van der Waals surface area (Å²) in [6.45, 7) is 2.05. The number of carbonyl (C=O) groups is 1. The van der Waals surface area contributed by atoms with Crippen LogP contribution in [0.2, 0.25) is 0 Å². The zero-order chi connectivity index (χ0) is 19.6. The van der Waals surface area contributed by atoms with Crippen LogP contribution >= 0.6 is 0 Å². The molecule has 5 heteroatoms. The molecule has 4 rings (SSSR count). The first-order valence-electron chi connectivity index (χ1n) is 10.9. The van der Waals surface area contributed by atoms with E-state index in [1.54, 1.807) is 12.7 Å². The van der Waals surface area contributed by atoms with Crippen LogP contribution in [0.1, 0.15) is 57.8 Å². The average molecular weight is 391 g/mol. The maximum atomic E-state index is 11.8. The van der Waals surface area contributed by atoms with E-state index < -0.39 is 0 Å². The van der Waals surface area contributed by atoms with Crippen molar-refractivity contribution in [2.24, 2.45) is 17.3 Å². The lowest BCUT2D eigenvalue weighted by Gasteiger charge is -2.50. The molecule has 0 aromatic carbocycles. The number of rotatable bonds is 8. The lowest BCUT2D eigenvalue weighted by molar-refractivity contribution is -0.114. The van der Waals surface area contributed by atoms with Crippen molar-refractivity contribution < 1.29 is 24.1 Å². The fraction of sp³-hybridized carbons (Fsp3) is 0.783. The molecule has 0 radical (unpaired) electrons. The minimum Gasteiger partial charge on any atom is -0.393 e. The van der Waals surface area contributed by atoms with Gasteiger partial charge < -0.3 is 19.3 Å². The number of fused-ring (bicyclic) bond motifs is 4. The number of methoxy groups -OCH3 is 1. The Kier molecular flexibility index (Phi) is 6.36. The van der Waals surface area contributed by atoms with Gasteiger partial charge in [0, 0.05) is 18.9 Å². The van der Waals surface area contributed by atoms with Crippen LogP contribution in [0, 0.1) is 17.3 Å². The van der Waals surface area contributed by atoms with Gasteiger partial charge in [0.25, 0.3) is 0 Å². The van der Waals surface area contributed by atoms with Gasteiger partial charge in [0.05, 0.1) is 25.9 Å². The topological polar surface area (TPSA) is 65.0 Å². The summed E-state index contributed by atoms with van der Waals surface area (Å²) in [4.78, 5) is 11.8. The molecule has 2 unspecified atom stereocenters. The molecular formula is C23H34O5. The third-order valence-electron chi connectivity index (χ3n) is 7.71. The van der Waals surface area contributed by atoms with E-state index in [-0.39, 0.29) is 11.5 Å². The fourth-order valence-corrected chi connectivity index (χ4v) is 6.38. The second-order valence-corrected chi connectivity index (χ2v) is 8.89. The number of ketones is 1. The van der Waals surface area contributed by atoms with Gasteiger partial charge in [-0.2, -0.15) is 0 Å². The lowest BCUT2D eigenvalue weighted by Crippen LogP contribution is -2.45. The van der Waals surface area contributed by atoms with E-state index in [0.717, 1.165) is 51.4 Å². The van der Waals surface area contributed by atoms with Gasteiger partial charge in [-0.3, -0.25) is 4.79 Å². The molecule has 4 aliphatic rings. The van der Waals surface area contributed by atoms with E-state index in [0.29, 0.717) is 50.7 Å². The Morgan fingerprint density at radius 1 is 1.07 bits per heavy atom. The second kappa shape index (κ2) is 8.78. The fourth-order valence-electron chi connectivity index (χ4n) is 6.38. The molecular weight excluding hydrogens is 356 g/mol. The van der Waals surface area contributed by atoms with Crippen molar-refractivity contribution in [1.82, 2.24) is 0 Å². The predicted octanol–water partition coefficient (Wildman–Crippen LogP) is 3.56. The van der Waals surface area contributed by atoms with E-state index in [2.05, 4.69) is 0 Å². The van der Waals surface area contributed by atoms with Crippen LogP contribution < -0.4 is 0 Å². The Morgan fingerprint density at radius 3 is 2.79 bits per heavy atom. The van der Waals surface area contributed by atoms with Crippen molar-refractivity contribution in [2.45, 2.75) is 63.9 Å². The third kappa shape index (κ3) is 3.74. The number of aliphatic hydroxyl groups is 1. The van der Waals surface area contributed by atoms with E-state index in [4.69, 9.17) is 14.2 Å². The van der Waals surface area contributed by atoms with Gasteiger partial charge in [0.1, 0.15) is 6.79 Å². The maximum Gasteiger partial charge on any atom is 0.156 e. The number of carbonyl (C=O) groups excluding carboxylic acids is 1. The highest BCUT2D eigenvalue weighted by molar-refractivity contribution is 5.93. The second-order valence-electron chi connectivity index (χ2n) is 8.89. The average Bonchev–Trinajstić information content (AvgIpc) is 3.03. The molecule has 0 aliphatic heterocycles. The summed E-state index contributed by atoms with van der Waals surface area (Å²) < 4.78 is 16.1. The summed E-state index contributed by atoms with van der Waals surface area (Å²) in [5.41, 5.74) is 4.41. The Balaban J connectivity index is 1.43. The number of ether oxygens (including phenoxy) is 3. The summed E-state index contributed by atoms with van der Waals surface area (Å²) in [6, 6.07) is 0. The molecule has 2 saturated carbocycles. The van der Waals surface area contributed by atoms with Crippen molar-refractivity contribution in [2.75, 3.05) is 33.7 Å². The van der Waals surface area contributed by atoms with Crippen molar-refractivity contribution >= 4 is 5.78 Å². The van der Waals surface area contributed by atoms with Crippen LogP contribution in [0.25, 0.3) is 0 Å². The molecule has 0 bridgehead atoms. The number of hydrogen-bond donors (Lipinski definition) is 1. The van der Waals surface area contributed by atoms with E-state index in [1.807, 2.05) is 6.08 Å². The predicted molar refractivity (Wildman–Crippen MR) is 106 cm³/mol. The largest absolute Gasteiger partial charge is 0.393 e. The van der Waals surface area contributed by atoms with Crippen molar-refractivity contribution in [1.29, 1.82) is 0 Å². The van der Waals surface area contributed by atoms with Gasteiger partial charge in [-0.25, -0.2) is 0 Å². The lowest BCUT2D eigenvalue weighted by atomic mass is 9.56. The molecule has 156 valence electrons. The molecule has 0 saturated heterocycles. The standard InChI is InChI=1S/C23H34O5/c1-26-12-13-28-15-27-11-10-23-9-8-19-18-5-3-17(24)14-16(18)2-4-20(19)21(23)6-7-22(23)25/h14,20-22,25H,2-13,15H2,1H3/t20?,21?,22-,23+/m0/s1. The van der Waals surface area contributed by atoms with Gasteiger partial charge in [0.2, 0.25) is 0 Å². The minimum atomic E-state index is -0.216. The first kappa shape index (κ1) is 20.3. The van der Waals surface area contributed by atoms with E-state index in [1.165, 1.54) is 11.1 Å². The highest BCUT2D eigenvalue weighted by Crippen LogP contribution is 2.61. The maximum absolute atomic E-state index is 11.8. The Bertz CT molecular complexity index is 651.